The number of carbonyl (C=O) groups excluding carboxylic acids is 1. The van der Waals surface area contributed by atoms with Crippen molar-refractivity contribution < 1.29 is 4.79 Å². The van der Waals surface area contributed by atoms with Crippen LogP contribution >= 0.6 is 46.4 Å². The van der Waals surface area contributed by atoms with E-state index in [0.717, 1.165) is 11.1 Å². The molecular formula is C26H22Cl4N6O. The van der Waals surface area contributed by atoms with Crippen LogP contribution in [0.5, 0.6) is 0 Å². The maximum Gasteiger partial charge on any atom is 0.321 e. The number of imidazole rings is 1. The summed E-state index contributed by atoms with van der Waals surface area (Å²) in [5, 5.41) is 11.1. The van der Waals surface area contributed by atoms with Gasteiger partial charge in [-0.05, 0) is 59.7 Å². The summed E-state index contributed by atoms with van der Waals surface area (Å²) in [5.41, 5.74) is 2.31. The number of nitrogens with one attached hydrogen (secondary N) is 4. The van der Waals surface area contributed by atoms with Crippen molar-refractivity contribution in [2.24, 2.45) is 4.99 Å². The van der Waals surface area contributed by atoms with E-state index in [1.165, 1.54) is 0 Å². The highest BCUT2D eigenvalue weighted by Crippen LogP contribution is 2.30. The fraction of sp³-hybridized carbons (Fsp3) is 0.115. The Hall–Kier alpha value is -3.23. The molecule has 3 aromatic carbocycles. The highest BCUT2D eigenvalue weighted by atomic mass is 35.5. The summed E-state index contributed by atoms with van der Waals surface area (Å²) in [4.78, 5) is 24.8. The molecule has 1 unspecified atom stereocenters. The molecule has 0 bridgehead atoms. The number of urea groups is 1. The maximum absolute atomic E-state index is 12.7. The van der Waals surface area contributed by atoms with Crippen LogP contribution in [0.15, 0.2) is 84.1 Å². The van der Waals surface area contributed by atoms with Crippen molar-refractivity contribution in [2.75, 3.05) is 6.54 Å². The van der Waals surface area contributed by atoms with Crippen molar-refractivity contribution in [3.63, 3.8) is 0 Å². The summed E-state index contributed by atoms with van der Waals surface area (Å²) in [5.74, 6) is 0.640. The highest BCUT2D eigenvalue weighted by molar-refractivity contribution is 6.35. The van der Waals surface area contributed by atoms with Crippen LogP contribution in [0.1, 0.15) is 22.9 Å². The Kier molecular flexibility index (Phi) is 9.30. The molecule has 0 spiro atoms. The number of carbonyl (C=O) groups is 1. The SMILES string of the molecule is O=C(NCc1ccc(Cl)cc1)NC(=Nc1ccc(Cl)cc1)NCC(c1ncc[nH]1)c1ccc(Cl)cc1Cl. The first-order chi connectivity index (χ1) is 17.9. The number of nitrogens with zero attached hydrogens (tertiary/aromatic N) is 2. The molecule has 0 radical (unpaired) electrons. The molecule has 1 atom stereocenters. The first kappa shape index (κ1) is 26.8. The van der Waals surface area contributed by atoms with Crippen molar-refractivity contribution in [1.82, 2.24) is 25.9 Å². The van der Waals surface area contributed by atoms with Gasteiger partial charge >= 0.3 is 6.03 Å². The number of aromatic amines is 1. The number of halogens is 4. The standard InChI is InChI=1S/C26H22Cl4N6O/c27-17-3-1-16(2-4-17)14-34-26(37)36-25(35-20-8-5-18(28)6-9-20)33-15-22(24-31-11-12-32-24)21-10-7-19(29)13-23(21)30/h1-13,22H,14-15H2,(H,31,32)(H3,33,34,35,36,37). The number of aliphatic imine (C=N–C) groups is 1. The maximum atomic E-state index is 12.7. The Balaban J connectivity index is 1.53. The number of rotatable bonds is 7. The molecule has 0 saturated carbocycles. The van der Waals surface area contributed by atoms with Gasteiger partial charge < -0.3 is 15.6 Å². The molecule has 11 heteroatoms. The van der Waals surface area contributed by atoms with Crippen LogP contribution in [-0.2, 0) is 6.54 Å². The van der Waals surface area contributed by atoms with Crippen LogP contribution < -0.4 is 16.0 Å². The predicted molar refractivity (Wildman–Crippen MR) is 150 cm³/mol. The molecule has 7 nitrogen and oxygen atoms in total. The Bertz CT molecular complexity index is 1360. The molecule has 1 aromatic heterocycles. The van der Waals surface area contributed by atoms with E-state index < -0.39 is 6.03 Å². The Morgan fingerprint density at radius 1 is 0.892 bits per heavy atom. The number of guanidine groups is 1. The summed E-state index contributed by atoms with van der Waals surface area (Å²) in [6, 6.07) is 19.0. The summed E-state index contributed by atoms with van der Waals surface area (Å²) < 4.78 is 0. The topological polar surface area (TPSA) is 94.2 Å². The normalized spacial score (nSPS) is 12.2. The third kappa shape index (κ3) is 7.87. The van der Waals surface area contributed by atoms with Gasteiger partial charge in [-0.15, -0.1) is 0 Å². The van der Waals surface area contributed by atoms with Crippen molar-refractivity contribution in [3.8, 4) is 0 Å². The number of benzene rings is 3. The lowest BCUT2D eigenvalue weighted by Gasteiger charge is -2.20. The van der Waals surface area contributed by atoms with E-state index in [0.29, 0.717) is 44.7 Å². The first-order valence-electron chi connectivity index (χ1n) is 11.2. The molecule has 4 N–H and O–H groups in total. The van der Waals surface area contributed by atoms with Gasteiger partial charge in [0.15, 0.2) is 0 Å². The minimum atomic E-state index is -0.436. The second-order valence-electron chi connectivity index (χ2n) is 7.94. The number of hydrogen-bond donors (Lipinski definition) is 4. The molecule has 37 heavy (non-hydrogen) atoms. The van der Waals surface area contributed by atoms with Crippen molar-refractivity contribution >= 4 is 64.1 Å². The van der Waals surface area contributed by atoms with Crippen LogP contribution in [0.2, 0.25) is 20.1 Å². The summed E-state index contributed by atoms with van der Waals surface area (Å²) in [7, 11) is 0. The van der Waals surface area contributed by atoms with E-state index in [1.807, 2.05) is 18.2 Å². The van der Waals surface area contributed by atoms with Gasteiger partial charge in [0.1, 0.15) is 5.82 Å². The monoisotopic (exact) mass is 574 g/mol. The van der Waals surface area contributed by atoms with E-state index in [-0.39, 0.29) is 11.9 Å². The van der Waals surface area contributed by atoms with Gasteiger partial charge in [-0.1, -0.05) is 64.6 Å². The predicted octanol–water partition coefficient (Wildman–Crippen LogP) is 6.93. The third-order valence-electron chi connectivity index (χ3n) is 5.33. The van der Waals surface area contributed by atoms with Gasteiger partial charge in [0.25, 0.3) is 0 Å². The van der Waals surface area contributed by atoms with Gasteiger partial charge in [-0.3, -0.25) is 5.32 Å². The second kappa shape index (κ2) is 12.8. The van der Waals surface area contributed by atoms with Crippen LogP contribution in [0.4, 0.5) is 10.5 Å². The van der Waals surface area contributed by atoms with Crippen LogP contribution in [0.3, 0.4) is 0 Å². The number of H-pyrrole nitrogens is 1. The zero-order valence-corrected chi connectivity index (χ0v) is 22.3. The smallest absolute Gasteiger partial charge is 0.321 e. The second-order valence-corrected chi connectivity index (χ2v) is 9.66. The average Bonchev–Trinajstić information content (AvgIpc) is 3.41. The van der Waals surface area contributed by atoms with E-state index >= 15 is 0 Å². The van der Waals surface area contributed by atoms with Crippen LogP contribution in [-0.4, -0.2) is 28.5 Å². The average molecular weight is 576 g/mol. The molecule has 0 fully saturated rings. The van der Waals surface area contributed by atoms with Crippen LogP contribution in [0.25, 0.3) is 0 Å². The van der Waals surface area contributed by atoms with Gasteiger partial charge in [-0.2, -0.15) is 0 Å². The summed E-state index contributed by atoms with van der Waals surface area (Å²) >= 11 is 24.6. The number of amides is 2. The van der Waals surface area contributed by atoms with Crippen molar-refractivity contribution in [3.05, 3.63) is 116 Å². The van der Waals surface area contributed by atoms with E-state index in [4.69, 9.17) is 46.4 Å². The van der Waals surface area contributed by atoms with Crippen molar-refractivity contribution in [1.29, 1.82) is 0 Å². The lowest BCUT2D eigenvalue weighted by molar-refractivity contribution is 0.244. The molecule has 0 saturated heterocycles. The summed E-state index contributed by atoms with van der Waals surface area (Å²) in [6.45, 7) is 0.630. The molecule has 190 valence electrons. The number of aromatic nitrogens is 2. The lowest BCUT2D eigenvalue weighted by atomic mass is 9.98. The minimum absolute atomic E-state index is 0.234. The molecule has 4 rings (SSSR count). The number of hydrogen-bond acceptors (Lipinski definition) is 3. The molecule has 4 aromatic rings. The molecule has 1 heterocycles. The van der Waals surface area contributed by atoms with E-state index in [1.54, 1.807) is 60.9 Å². The Morgan fingerprint density at radius 3 is 2.22 bits per heavy atom. The zero-order chi connectivity index (χ0) is 26.2. The molecular weight excluding hydrogens is 554 g/mol. The lowest BCUT2D eigenvalue weighted by Crippen LogP contribution is -2.46. The van der Waals surface area contributed by atoms with Gasteiger partial charge in [0.2, 0.25) is 5.96 Å². The zero-order valence-electron chi connectivity index (χ0n) is 19.3. The largest absolute Gasteiger partial charge is 0.355 e. The Labute approximate surface area is 234 Å². The fourth-order valence-electron chi connectivity index (χ4n) is 3.50. The fourth-order valence-corrected chi connectivity index (χ4v) is 4.29. The van der Waals surface area contributed by atoms with Gasteiger partial charge in [0, 0.05) is 45.6 Å². The Morgan fingerprint density at radius 2 is 1.57 bits per heavy atom. The highest BCUT2D eigenvalue weighted by Gasteiger charge is 2.21. The quantitative estimate of drug-likeness (QED) is 0.142. The van der Waals surface area contributed by atoms with Gasteiger partial charge in [-0.25, -0.2) is 14.8 Å². The van der Waals surface area contributed by atoms with E-state index in [2.05, 4.69) is 30.9 Å². The van der Waals surface area contributed by atoms with Crippen molar-refractivity contribution in [2.45, 2.75) is 12.5 Å². The minimum Gasteiger partial charge on any atom is -0.355 e. The molecule has 0 aliphatic heterocycles. The molecule has 0 aliphatic rings. The summed E-state index contributed by atoms with van der Waals surface area (Å²) in [6.07, 6.45) is 3.40. The van der Waals surface area contributed by atoms with E-state index in [9.17, 15) is 4.79 Å². The first-order valence-corrected chi connectivity index (χ1v) is 12.7. The van der Waals surface area contributed by atoms with Crippen LogP contribution in [0, 0.1) is 0 Å². The third-order valence-corrected chi connectivity index (χ3v) is 6.39. The molecule has 2 amide bonds. The van der Waals surface area contributed by atoms with Gasteiger partial charge in [0.05, 0.1) is 11.6 Å². The molecule has 0 aliphatic carbocycles.